The van der Waals surface area contributed by atoms with Crippen LogP contribution in [0, 0.1) is 5.82 Å². The Morgan fingerprint density at radius 3 is 2.20 bits per heavy atom. The zero-order valence-electron chi connectivity index (χ0n) is 23.0. The number of halogens is 1. The van der Waals surface area contributed by atoms with E-state index in [9.17, 15) is 22.4 Å². The van der Waals surface area contributed by atoms with Gasteiger partial charge in [0.15, 0.2) is 11.5 Å². The summed E-state index contributed by atoms with van der Waals surface area (Å²) in [6, 6.07) is 17.0. The maximum absolute atomic E-state index is 13.9. The Labute approximate surface area is 234 Å². The fraction of sp³-hybridized carbons (Fsp3) is 0.310. The van der Waals surface area contributed by atoms with E-state index in [1.165, 1.54) is 61.6 Å². The van der Waals surface area contributed by atoms with Crippen LogP contribution in [0.2, 0.25) is 0 Å². The molecule has 0 saturated carbocycles. The highest BCUT2D eigenvalue weighted by molar-refractivity contribution is 7.92. The molecule has 1 atom stereocenters. The first-order valence-electron chi connectivity index (χ1n) is 12.7. The molecule has 40 heavy (non-hydrogen) atoms. The number of carbonyl (C=O) groups is 2. The Bertz CT molecular complexity index is 1400. The number of nitrogens with zero attached hydrogens (tertiary/aromatic N) is 2. The number of hydrogen-bond donors (Lipinski definition) is 1. The van der Waals surface area contributed by atoms with Gasteiger partial charge in [0.25, 0.3) is 10.0 Å². The van der Waals surface area contributed by atoms with E-state index in [0.717, 1.165) is 4.31 Å². The summed E-state index contributed by atoms with van der Waals surface area (Å²) in [5, 5.41) is 2.78. The number of amides is 2. The predicted octanol–water partition coefficient (Wildman–Crippen LogP) is 3.98. The number of sulfonamides is 1. The Morgan fingerprint density at radius 1 is 0.950 bits per heavy atom. The molecule has 0 heterocycles. The second-order valence-corrected chi connectivity index (χ2v) is 10.8. The number of nitrogens with one attached hydrogen (secondary N) is 1. The molecule has 0 fully saturated rings. The smallest absolute Gasteiger partial charge is 0.264 e. The zero-order valence-corrected chi connectivity index (χ0v) is 23.8. The first-order valence-corrected chi connectivity index (χ1v) is 14.2. The molecule has 0 saturated heterocycles. The maximum atomic E-state index is 13.9. The number of methoxy groups -OCH3 is 2. The number of anilines is 1. The molecule has 0 aliphatic carbocycles. The van der Waals surface area contributed by atoms with Crippen LogP contribution in [0.15, 0.2) is 77.7 Å². The maximum Gasteiger partial charge on any atom is 0.264 e. The minimum atomic E-state index is -4.28. The van der Waals surface area contributed by atoms with Crippen molar-refractivity contribution in [3.05, 3.63) is 84.2 Å². The van der Waals surface area contributed by atoms with E-state index in [2.05, 4.69) is 5.32 Å². The van der Waals surface area contributed by atoms with Crippen LogP contribution in [0.5, 0.6) is 11.5 Å². The number of carbonyl (C=O) groups excluding carboxylic acids is 2. The van der Waals surface area contributed by atoms with Gasteiger partial charge in [0.2, 0.25) is 11.8 Å². The molecule has 214 valence electrons. The topological polar surface area (TPSA) is 105 Å². The molecule has 3 rings (SSSR count). The van der Waals surface area contributed by atoms with Crippen molar-refractivity contribution in [3.8, 4) is 11.5 Å². The normalized spacial score (nSPS) is 11.8. The molecule has 0 bridgehead atoms. The molecular formula is C29H34FN3O6S. The molecule has 0 unspecified atom stereocenters. The minimum absolute atomic E-state index is 0.0289. The van der Waals surface area contributed by atoms with Gasteiger partial charge in [-0.2, -0.15) is 0 Å². The van der Waals surface area contributed by atoms with Crippen LogP contribution in [-0.2, 0) is 26.2 Å². The summed E-state index contributed by atoms with van der Waals surface area (Å²) in [5.41, 5.74) is 0.842. The van der Waals surface area contributed by atoms with E-state index in [-0.39, 0.29) is 28.8 Å². The second-order valence-electron chi connectivity index (χ2n) is 8.98. The highest BCUT2D eigenvalue weighted by Gasteiger charge is 2.33. The highest BCUT2D eigenvalue weighted by Crippen LogP contribution is 2.32. The molecule has 0 aliphatic heterocycles. The van der Waals surface area contributed by atoms with Crippen molar-refractivity contribution in [2.45, 2.75) is 37.8 Å². The monoisotopic (exact) mass is 571 g/mol. The molecule has 9 nitrogen and oxygen atoms in total. The summed E-state index contributed by atoms with van der Waals surface area (Å²) in [4.78, 5) is 27.9. The first kappa shape index (κ1) is 30.4. The molecule has 0 aromatic heterocycles. The van der Waals surface area contributed by atoms with Crippen LogP contribution in [0.1, 0.15) is 25.8 Å². The van der Waals surface area contributed by atoms with Crippen molar-refractivity contribution in [1.82, 2.24) is 10.2 Å². The molecule has 1 N–H and O–H groups in total. The molecule has 0 radical (unpaired) electrons. The third kappa shape index (κ3) is 7.29. The van der Waals surface area contributed by atoms with Gasteiger partial charge < -0.3 is 19.7 Å². The van der Waals surface area contributed by atoms with Crippen LogP contribution in [0.3, 0.4) is 0 Å². The Hall–Kier alpha value is -4.12. The largest absolute Gasteiger partial charge is 0.493 e. The van der Waals surface area contributed by atoms with Crippen LogP contribution in [-0.4, -0.2) is 58.5 Å². The molecule has 3 aromatic carbocycles. The molecule has 0 aliphatic rings. The third-order valence-corrected chi connectivity index (χ3v) is 8.02. The number of benzene rings is 3. The summed E-state index contributed by atoms with van der Waals surface area (Å²) in [7, 11) is -1.45. The standard InChI is InChI=1S/C29H34FN3O6S/c1-5-17-31-29(35)21(2)32(19-22-11-13-23(30)14-12-22)28(34)20-33(24-9-7-6-8-10-24)40(36,37)25-15-16-26(38-3)27(18-25)39-4/h6-16,18,21H,5,17,19-20H2,1-4H3,(H,31,35)/t21-/m0/s1. The van der Waals surface area contributed by atoms with E-state index in [0.29, 0.717) is 24.3 Å². The fourth-order valence-electron chi connectivity index (χ4n) is 3.99. The fourth-order valence-corrected chi connectivity index (χ4v) is 5.42. The lowest BCUT2D eigenvalue weighted by Crippen LogP contribution is -2.51. The summed E-state index contributed by atoms with van der Waals surface area (Å²) in [6.45, 7) is 3.28. The Morgan fingerprint density at radius 2 is 1.60 bits per heavy atom. The minimum Gasteiger partial charge on any atom is -0.493 e. The molecule has 11 heteroatoms. The molecular weight excluding hydrogens is 537 g/mol. The van der Waals surface area contributed by atoms with Crippen LogP contribution >= 0.6 is 0 Å². The number of rotatable bonds is 13. The van der Waals surface area contributed by atoms with Crippen molar-refractivity contribution in [2.75, 3.05) is 31.6 Å². The van der Waals surface area contributed by atoms with Crippen molar-refractivity contribution in [1.29, 1.82) is 0 Å². The van der Waals surface area contributed by atoms with E-state index >= 15 is 0 Å². The Balaban J connectivity index is 2.02. The third-order valence-electron chi connectivity index (χ3n) is 6.25. The Kier molecular flexibility index (Phi) is 10.5. The van der Waals surface area contributed by atoms with Crippen molar-refractivity contribution in [3.63, 3.8) is 0 Å². The van der Waals surface area contributed by atoms with E-state index in [4.69, 9.17) is 9.47 Å². The quantitative estimate of drug-likeness (QED) is 0.333. The number of para-hydroxylation sites is 1. The van der Waals surface area contributed by atoms with Crippen molar-refractivity contribution in [2.24, 2.45) is 0 Å². The molecule has 2 amide bonds. The van der Waals surface area contributed by atoms with Gasteiger partial charge in [0, 0.05) is 19.2 Å². The van der Waals surface area contributed by atoms with Gasteiger partial charge in [0.1, 0.15) is 18.4 Å². The number of hydrogen-bond acceptors (Lipinski definition) is 6. The summed E-state index contributed by atoms with van der Waals surface area (Å²) >= 11 is 0. The van der Waals surface area contributed by atoms with Crippen molar-refractivity contribution < 1.29 is 31.9 Å². The van der Waals surface area contributed by atoms with Gasteiger partial charge in [-0.05, 0) is 55.3 Å². The predicted molar refractivity (Wildman–Crippen MR) is 150 cm³/mol. The summed E-state index contributed by atoms with van der Waals surface area (Å²) in [6.07, 6.45) is 0.704. The van der Waals surface area contributed by atoms with Gasteiger partial charge in [-0.1, -0.05) is 37.3 Å². The summed E-state index contributed by atoms with van der Waals surface area (Å²) in [5.74, 6) is -0.877. The lowest BCUT2D eigenvalue weighted by atomic mass is 10.1. The van der Waals surface area contributed by atoms with E-state index in [1.54, 1.807) is 37.3 Å². The van der Waals surface area contributed by atoms with Gasteiger partial charge in [-0.25, -0.2) is 12.8 Å². The van der Waals surface area contributed by atoms with Gasteiger partial charge >= 0.3 is 0 Å². The first-order chi connectivity index (χ1) is 19.1. The lowest BCUT2D eigenvalue weighted by molar-refractivity contribution is -0.139. The SMILES string of the molecule is CCCNC(=O)[C@H](C)N(Cc1ccc(F)cc1)C(=O)CN(c1ccccc1)S(=O)(=O)c1ccc(OC)c(OC)c1. The van der Waals surface area contributed by atoms with E-state index < -0.39 is 34.3 Å². The van der Waals surface area contributed by atoms with Crippen LogP contribution in [0.4, 0.5) is 10.1 Å². The molecule has 3 aromatic rings. The lowest BCUT2D eigenvalue weighted by Gasteiger charge is -2.32. The zero-order chi connectivity index (χ0) is 29.3. The van der Waals surface area contributed by atoms with Gasteiger partial charge in [-0.15, -0.1) is 0 Å². The van der Waals surface area contributed by atoms with E-state index in [1.807, 2.05) is 6.92 Å². The van der Waals surface area contributed by atoms with Gasteiger partial charge in [-0.3, -0.25) is 13.9 Å². The molecule has 0 spiro atoms. The van der Waals surface area contributed by atoms with Gasteiger partial charge in [0.05, 0.1) is 24.8 Å². The number of ether oxygens (including phenoxy) is 2. The average molecular weight is 572 g/mol. The van der Waals surface area contributed by atoms with Crippen molar-refractivity contribution >= 4 is 27.5 Å². The van der Waals surface area contributed by atoms with Crippen LogP contribution in [0.25, 0.3) is 0 Å². The average Bonchev–Trinajstić information content (AvgIpc) is 2.97. The highest BCUT2D eigenvalue weighted by atomic mass is 32.2. The second kappa shape index (κ2) is 13.8. The van der Waals surface area contributed by atoms with Crippen LogP contribution < -0.4 is 19.1 Å². The summed E-state index contributed by atoms with van der Waals surface area (Å²) < 4.78 is 52.9.